The zero-order valence-corrected chi connectivity index (χ0v) is 18.2. The van der Waals surface area contributed by atoms with Gasteiger partial charge in [0.05, 0.1) is 12.1 Å². The number of phenols is 2. The van der Waals surface area contributed by atoms with Crippen molar-refractivity contribution in [3.8, 4) is 17.2 Å². The Bertz CT molecular complexity index is 1150. The SMILES string of the molecule is COc1cc(O)c(CC=C(C)C)c(O)c1C(=O)C=Cc1ccc(Cl)c(S(N)(=O)=O)c1. The number of carbonyl (C=O) groups is 1. The lowest BCUT2D eigenvalue weighted by atomic mass is 9.99. The lowest BCUT2D eigenvalue weighted by Crippen LogP contribution is -2.12. The van der Waals surface area contributed by atoms with Crippen molar-refractivity contribution in [2.24, 2.45) is 5.14 Å². The van der Waals surface area contributed by atoms with Crippen molar-refractivity contribution in [3.05, 3.63) is 63.7 Å². The Morgan fingerprint density at radius 1 is 1.23 bits per heavy atom. The Balaban J connectivity index is 2.48. The molecular weight excluding hydrogens is 430 g/mol. The second-order valence-electron chi connectivity index (χ2n) is 6.72. The van der Waals surface area contributed by atoms with Gasteiger partial charge in [0.2, 0.25) is 10.0 Å². The van der Waals surface area contributed by atoms with Crippen molar-refractivity contribution < 1.29 is 28.2 Å². The van der Waals surface area contributed by atoms with Crippen LogP contribution in [0.25, 0.3) is 6.08 Å². The summed E-state index contributed by atoms with van der Waals surface area (Å²) >= 11 is 5.86. The topological polar surface area (TPSA) is 127 Å². The maximum Gasteiger partial charge on any atom is 0.239 e. The van der Waals surface area contributed by atoms with Gasteiger partial charge in [-0.25, -0.2) is 13.6 Å². The van der Waals surface area contributed by atoms with Crippen LogP contribution in [0.2, 0.25) is 5.02 Å². The molecule has 0 aliphatic carbocycles. The fourth-order valence-corrected chi connectivity index (χ4v) is 3.76. The summed E-state index contributed by atoms with van der Waals surface area (Å²) in [6, 6.07) is 5.35. The van der Waals surface area contributed by atoms with Crippen molar-refractivity contribution in [1.82, 2.24) is 0 Å². The van der Waals surface area contributed by atoms with E-state index in [-0.39, 0.29) is 44.7 Å². The summed E-state index contributed by atoms with van der Waals surface area (Å²) in [7, 11) is -2.72. The van der Waals surface area contributed by atoms with Gasteiger partial charge in [-0.2, -0.15) is 0 Å². The Morgan fingerprint density at radius 3 is 2.47 bits per heavy atom. The van der Waals surface area contributed by atoms with E-state index in [1.165, 1.54) is 37.5 Å². The number of hydrogen-bond donors (Lipinski definition) is 3. The Hall–Kier alpha value is -2.81. The van der Waals surface area contributed by atoms with E-state index in [9.17, 15) is 23.4 Å². The number of ether oxygens (including phenoxy) is 1. The lowest BCUT2D eigenvalue weighted by Gasteiger charge is -2.13. The van der Waals surface area contributed by atoms with Gasteiger partial charge in [0.1, 0.15) is 27.7 Å². The molecule has 4 N–H and O–H groups in total. The summed E-state index contributed by atoms with van der Waals surface area (Å²) < 4.78 is 28.3. The van der Waals surface area contributed by atoms with Crippen LogP contribution in [0.4, 0.5) is 0 Å². The smallest absolute Gasteiger partial charge is 0.239 e. The molecule has 0 unspecified atom stereocenters. The maximum absolute atomic E-state index is 12.8. The molecule has 0 saturated carbocycles. The number of allylic oxidation sites excluding steroid dienone is 3. The molecule has 2 rings (SSSR count). The Labute approximate surface area is 180 Å². The molecule has 0 aliphatic heterocycles. The van der Waals surface area contributed by atoms with Gasteiger partial charge in [-0.15, -0.1) is 0 Å². The van der Waals surface area contributed by atoms with Crippen molar-refractivity contribution in [2.45, 2.75) is 25.2 Å². The van der Waals surface area contributed by atoms with E-state index >= 15 is 0 Å². The highest BCUT2D eigenvalue weighted by Gasteiger charge is 2.22. The normalized spacial score (nSPS) is 11.5. The summed E-state index contributed by atoms with van der Waals surface area (Å²) in [5.74, 6) is -1.19. The Morgan fingerprint density at radius 2 is 1.90 bits per heavy atom. The fourth-order valence-electron chi connectivity index (χ4n) is 2.68. The molecule has 2 aromatic carbocycles. The summed E-state index contributed by atoms with van der Waals surface area (Å²) in [5.41, 5.74) is 1.41. The third-order valence-electron chi connectivity index (χ3n) is 4.22. The molecule has 9 heteroatoms. The number of benzene rings is 2. The minimum absolute atomic E-state index is 0.00179. The number of ketones is 1. The van der Waals surface area contributed by atoms with Gasteiger partial charge < -0.3 is 14.9 Å². The van der Waals surface area contributed by atoms with Crippen LogP contribution in [-0.2, 0) is 16.4 Å². The standard InChI is InChI=1S/C21H22ClNO6S/c1-12(2)4-7-14-17(25)11-18(29-3)20(21(14)26)16(24)9-6-13-5-8-15(22)19(10-13)30(23,27)28/h4-6,8-11,25-26H,7H2,1-3H3,(H2,23,27,28). The zero-order chi connectivity index (χ0) is 22.6. The van der Waals surface area contributed by atoms with Gasteiger partial charge in [0, 0.05) is 11.6 Å². The highest BCUT2D eigenvalue weighted by atomic mass is 35.5. The zero-order valence-electron chi connectivity index (χ0n) is 16.6. The Kier molecular flexibility index (Phi) is 7.30. The van der Waals surface area contributed by atoms with Crippen LogP contribution in [0, 0.1) is 0 Å². The first-order valence-corrected chi connectivity index (χ1v) is 10.7. The molecule has 7 nitrogen and oxygen atoms in total. The highest BCUT2D eigenvalue weighted by molar-refractivity contribution is 7.89. The molecule has 0 amide bonds. The first kappa shape index (κ1) is 23.5. The largest absolute Gasteiger partial charge is 0.507 e. The van der Waals surface area contributed by atoms with Gasteiger partial charge in [0.25, 0.3) is 0 Å². The minimum atomic E-state index is -4.03. The molecule has 0 aromatic heterocycles. The average Bonchev–Trinajstić information content (AvgIpc) is 2.65. The van der Waals surface area contributed by atoms with E-state index in [2.05, 4.69) is 0 Å². The van der Waals surface area contributed by atoms with Gasteiger partial charge in [0.15, 0.2) is 5.78 Å². The molecule has 0 bridgehead atoms. The molecule has 0 radical (unpaired) electrons. The number of nitrogens with two attached hydrogens (primary N) is 1. The average molecular weight is 452 g/mol. The predicted octanol–water partition coefficient (Wildman–Crippen LogP) is 3.81. The number of rotatable bonds is 7. The fraction of sp³-hybridized carbons (Fsp3) is 0.190. The quantitative estimate of drug-likeness (QED) is 0.333. The molecular formula is C21H22ClNO6S. The van der Waals surface area contributed by atoms with Crippen LogP contribution in [-0.4, -0.2) is 31.5 Å². The second kappa shape index (κ2) is 9.34. The van der Waals surface area contributed by atoms with Crippen molar-refractivity contribution in [1.29, 1.82) is 0 Å². The third-order valence-corrected chi connectivity index (χ3v) is 5.61. The number of primary sulfonamides is 1. The molecule has 2 aromatic rings. The van der Waals surface area contributed by atoms with E-state index in [0.717, 1.165) is 11.6 Å². The summed E-state index contributed by atoms with van der Waals surface area (Å²) in [6.45, 7) is 3.74. The molecule has 0 heterocycles. The molecule has 0 atom stereocenters. The number of halogens is 1. The number of sulfonamides is 1. The molecule has 0 fully saturated rings. The molecule has 0 saturated heterocycles. The first-order valence-electron chi connectivity index (χ1n) is 8.75. The van der Waals surface area contributed by atoms with E-state index in [0.29, 0.717) is 5.56 Å². The second-order valence-corrected chi connectivity index (χ2v) is 8.66. The van der Waals surface area contributed by atoms with Crippen LogP contribution in [0.15, 0.2) is 46.9 Å². The number of phenolic OH excluding ortho intramolecular Hbond substituents is 2. The molecule has 0 spiro atoms. The van der Waals surface area contributed by atoms with Crippen LogP contribution >= 0.6 is 11.6 Å². The third kappa shape index (κ3) is 5.41. The van der Waals surface area contributed by atoms with E-state index in [1.54, 1.807) is 6.08 Å². The summed E-state index contributed by atoms with van der Waals surface area (Å²) in [4.78, 5) is 12.5. The van der Waals surface area contributed by atoms with Crippen LogP contribution in [0.5, 0.6) is 17.2 Å². The highest BCUT2D eigenvalue weighted by Crippen LogP contribution is 2.39. The van der Waals surface area contributed by atoms with Crippen LogP contribution in [0.3, 0.4) is 0 Å². The molecule has 30 heavy (non-hydrogen) atoms. The monoisotopic (exact) mass is 451 g/mol. The number of aromatic hydroxyl groups is 2. The molecule has 160 valence electrons. The van der Waals surface area contributed by atoms with Crippen molar-refractivity contribution >= 4 is 33.5 Å². The lowest BCUT2D eigenvalue weighted by molar-refractivity contribution is 0.104. The first-order chi connectivity index (χ1) is 14.0. The van der Waals surface area contributed by atoms with E-state index in [1.807, 2.05) is 13.8 Å². The van der Waals surface area contributed by atoms with Crippen LogP contribution in [0.1, 0.15) is 35.3 Å². The summed E-state index contributed by atoms with van der Waals surface area (Å²) in [5, 5.41) is 25.9. The van der Waals surface area contributed by atoms with Gasteiger partial charge in [-0.3, -0.25) is 4.79 Å². The van der Waals surface area contributed by atoms with Gasteiger partial charge in [-0.05, 0) is 44.0 Å². The predicted molar refractivity (Wildman–Crippen MR) is 116 cm³/mol. The number of carbonyl (C=O) groups excluding carboxylic acids is 1. The molecule has 0 aliphatic rings. The van der Waals surface area contributed by atoms with Gasteiger partial charge in [-0.1, -0.05) is 35.4 Å². The minimum Gasteiger partial charge on any atom is -0.507 e. The van der Waals surface area contributed by atoms with Gasteiger partial charge >= 0.3 is 0 Å². The van der Waals surface area contributed by atoms with E-state index in [4.69, 9.17) is 21.5 Å². The summed E-state index contributed by atoms with van der Waals surface area (Å²) in [6.07, 6.45) is 4.53. The van der Waals surface area contributed by atoms with E-state index < -0.39 is 15.8 Å². The number of methoxy groups -OCH3 is 1. The number of hydrogen-bond acceptors (Lipinski definition) is 6. The maximum atomic E-state index is 12.8. The van der Waals surface area contributed by atoms with Crippen LogP contribution < -0.4 is 9.88 Å². The van der Waals surface area contributed by atoms with Crippen molar-refractivity contribution in [2.75, 3.05) is 7.11 Å². The van der Waals surface area contributed by atoms with Crippen molar-refractivity contribution in [3.63, 3.8) is 0 Å².